The molecule has 9 heteroatoms. The summed E-state index contributed by atoms with van der Waals surface area (Å²) < 4.78 is 13.3. The number of carbonyl (C=O) groups is 2. The second kappa shape index (κ2) is 12.3. The standard InChI is InChI=1S/C30H38N4O5/c1-6-32(7-2)16-12-18-34-27(21-14-15-22(38-8-3)23(19-21)39-9-4)25(29(36)30(34)37)28(35)26-20(5)31-24-13-10-11-17-33(24)26/h10-11,13-15,17,19,27,35H,6-9,12,16,18H2,1-5H3/b28-25+. The van der Waals surface area contributed by atoms with Gasteiger partial charge in [-0.15, -0.1) is 0 Å². The third-order valence-electron chi connectivity index (χ3n) is 7.12. The van der Waals surface area contributed by atoms with Crippen molar-refractivity contribution >= 4 is 23.1 Å². The van der Waals surface area contributed by atoms with Gasteiger partial charge >= 0.3 is 0 Å². The summed E-state index contributed by atoms with van der Waals surface area (Å²) in [5.41, 5.74) is 2.31. The maximum Gasteiger partial charge on any atom is 0.295 e. The van der Waals surface area contributed by atoms with Crippen LogP contribution in [-0.2, 0) is 9.59 Å². The fourth-order valence-electron chi connectivity index (χ4n) is 5.23. The first-order valence-corrected chi connectivity index (χ1v) is 13.7. The van der Waals surface area contributed by atoms with E-state index in [4.69, 9.17) is 9.47 Å². The van der Waals surface area contributed by atoms with Gasteiger partial charge in [-0.3, -0.25) is 14.0 Å². The number of aliphatic hydroxyl groups is 1. The van der Waals surface area contributed by atoms with Crippen molar-refractivity contribution in [3.05, 3.63) is 65.1 Å². The van der Waals surface area contributed by atoms with Crippen LogP contribution in [0.3, 0.4) is 0 Å². The average molecular weight is 535 g/mol. The Labute approximate surface area is 229 Å². The van der Waals surface area contributed by atoms with Crippen molar-refractivity contribution in [1.29, 1.82) is 0 Å². The molecular weight excluding hydrogens is 496 g/mol. The molecule has 1 aliphatic heterocycles. The number of hydrogen-bond donors (Lipinski definition) is 1. The molecule has 1 aromatic carbocycles. The van der Waals surface area contributed by atoms with Gasteiger partial charge in [-0.25, -0.2) is 4.98 Å². The molecule has 208 valence electrons. The summed E-state index contributed by atoms with van der Waals surface area (Å²) in [6.07, 6.45) is 2.47. The topological polar surface area (TPSA) is 96.6 Å². The van der Waals surface area contributed by atoms with Crippen molar-refractivity contribution < 1.29 is 24.2 Å². The SMILES string of the molecule is CCOc1ccc(C2/C(=C(\O)c3c(C)nc4ccccn34)C(=O)C(=O)N2CCCN(CC)CC)cc1OCC. The average Bonchev–Trinajstić information content (AvgIpc) is 3.40. The first-order valence-electron chi connectivity index (χ1n) is 13.7. The van der Waals surface area contributed by atoms with Crippen molar-refractivity contribution in [3.63, 3.8) is 0 Å². The van der Waals surface area contributed by atoms with E-state index in [9.17, 15) is 14.7 Å². The molecule has 0 radical (unpaired) electrons. The number of rotatable bonds is 12. The fraction of sp³-hybridized carbons (Fsp3) is 0.433. The summed E-state index contributed by atoms with van der Waals surface area (Å²) in [4.78, 5) is 35.4. The molecule has 0 spiro atoms. The number of amides is 1. The third kappa shape index (κ3) is 5.49. The van der Waals surface area contributed by atoms with E-state index in [1.165, 1.54) is 0 Å². The number of Topliss-reactive ketones (excluding diaryl/α,β-unsaturated/α-hetero) is 1. The van der Waals surface area contributed by atoms with Crippen LogP contribution in [0.1, 0.15) is 57.1 Å². The summed E-state index contributed by atoms with van der Waals surface area (Å²) in [6, 6.07) is 10.1. The number of fused-ring (bicyclic) bond motifs is 1. The van der Waals surface area contributed by atoms with Gasteiger partial charge in [-0.2, -0.15) is 0 Å². The Bertz CT molecular complexity index is 1370. The van der Waals surface area contributed by atoms with Crippen molar-refractivity contribution in [3.8, 4) is 11.5 Å². The van der Waals surface area contributed by atoms with E-state index in [-0.39, 0.29) is 11.3 Å². The van der Waals surface area contributed by atoms with E-state index in [1.807, 2.05) is 38.1 Å². The minimum Gasteiger partial charge on any atom is -0.505 e. The molecule has 4 rings (SSSR count). The van der Waals surface area contributed by atoms with E-state index in [0.717, 1.165) is 19.6 Å². The van der Waals surface area contributed by atoms with Gasteiger partial charge in [-0.05, 0) is 76.7 Å². The Hall–Kier alpha value is -3.85. The maximum atomic E-state index is 13.6. The molecule has 1 amide bonds. The zero-order valence-corrected chi connectivity index (χ0v) is 23.4. The fourth-order valence-corrected chi connectivity index (χ4v) is 5.23. The lowest BCUT2D eigenvalue weighted by atomic mass is 9.95. The van der Waals surface area contributed by atoms with Crippen molar-refractivity contribution in [2.75, 3.05) is 39.4 Å². The zero-order valence-electron chi connectivity index (χ0n) is 23.4. The van der Waals surface area contributed by atoms with Gasteiger partial charge < -0.3 is 24.4 Å². The molecule has 1 atom stereocenters. The summed E-state index contributed by atoms with van der Waals surface area (Å²) in [5, 5.41) is 11.7. The van der Waals surface area contributed by atoms with Crippen LogP contribution < -0.4 is 9.47 Å². The number of imidazole rings is 1. The van der Waals surface area contributed by atoms with Crippen LogP contribution in [0.25, 0.3) is 11.4 Å². The number of benzene rings is 1. The summed E-state index contributed by atoms with van der Waals surface area (Å²) in [7, 11) is 0. The molecule has 2 aromatic heterocycles. The number of ketones is 1. The molecule has 3 aromatic rings. The molecule has 39 heavy (non-hydrogen) atoms. The number of aryl methyl sites for hydroxylation is 1. The summed E-state index contributed by atoms with van der Waals surface area (Å²) in [6.45, 7) is 13.6. The highest BCUT2D eigenvalue weighted by Gasteiger charge is 2.46. The monoisotopic (exact) mass is 534 g/mol. The lowest BCUT2D eigenvalue weighted by molar-refractivity contribution is -0.140. The van der Waals surface area contributed by atoms with Gasteiger partial charge in [0.2, 0.25) is 0 Å². The Morgan fingerprint density at radius 2 is 1.74 bits per heavy atom. The normalized spacial score (nSPS) is 17.0. The number of nitrogens with zero attached hydrogens (tertiary/aromatic N) is 4. The van der Waals surface area contributed by atoms with Crippen LogP contribution >= 0.6 is 0 Å². The maximum absolute atomic E-state index is 13.6. The molecule has 1 fully saturated rings. The molecule has 9 nitrogen and oxygen atoms in total. The van der Waals surface area contributed by atoms with Crippen LogP contribution in [0.5, 0.6) is 11.5 Å². The Kier molecular flexibility index (Phi) is 8.91. The third-order valence-corrected chi connectivity index (χ3v) is 7.12. The smallest absolute Gasteiger partial charge is 0.295 e. The highest BCUT2D eigenvalue weighted by molar-refractivity contribution is 6.46. The van der Waals surface area contributed by atoms with Gasteiger partial charge in [0.05, 0.1) is 30.5 Å². The number of aromatic nitrogens is 2. The molecule has 1 saturated heterocycles. The lowest BCUT2D eigenvalue weighted by Crippen LogP contribution is -2.33. The Balaban J connectivity index is 1.86. The number of likely N-dealkylation sites (tertiary alicyclic amines) is 1. The summed E-state index contributed by atoms with van der Waals surface area (Å²) >= 11 is 0. The van der Waals surface area contributed by atoms with Crippen molar-refractivity contribution in [2.24, 2.45) is 0 Å². The molecule has 1 aliphatic rings. The molecule has 3 heterocycles. The van der Waals surface area contributed by atoms with Crippen LogP contribution in [0.15, 0.2) is 48.2 Å². The van der Waals surface area contributed by atoms with E-state index < -0.39 is 17.7 Å². The van der Waals surface area contributed by atoms with E-state index >= 15 is 0 Å². The van der Waals surface area contributed by atoms with Crippen LogP contribution in [0.4, 0.5) is 0 Å². The van der Waals surface area contributed by atoms with Gasteiger partial charge in [-0.1, -0.05) is 26.0 Å². The van der Waals surface area contributed by atoms with Crippen LogP contribution in [0.2, 0.25) is 0 Å². The molecule has 0 aliphatic carbocycles. The van der Waals surface area contributed by atoms with Gasteiger partial charge in [0.15, 0.2) is 17.3 Å². The van der Waals surface area contributed by atoms with Crippen molar-refractivity contribution in [1.82, 2.24) is 19.2 Å². The second-order valence-electron chi connectivity index (χ2n) is 9.42. The van der Waals surface area contributed by atoms with Crippen LogP contribution in [-0.4, -0.2) is 75.4 Å². The van der Waals surface area contributed by atoms with E-state index in [1.54, 1.807) is 34.6 Å². The van der Waals surface area contributed by atoms with Gasteiger partial charge in [0.1, 0.15) is 11.3 Å². The highest BCUT2D eigenvalue weighted by atomic mass is 16.5. The van der Waals surface area contributed by atoms with Gasteiger partial charge in [0.25, 0.3) is 11.7 Å². The van der Waals surface area contributed by atoms with Crippen molar-refractivity contribution in [2.45, 2.75) is 47.1 Å². The Morgan fingerprint density at radius 1 is 1.03 bits per heavy atom. The molecule has 1 N–H and O–H groups in total. The minimum atomic E-state index is -0.787. The number of aliphatic hydroxyl groups excluding tert-OH is 1. The second-order valence-corrected chi connectivity index (χ2v) is 9.42. The minimum absolute atomic E-state index is 0.0446. The van der Waals surface area contributed by atoms with Gasteiger partial charge in [0, 0.05) is 12.7 Å². The molecule has 0 bridgehead atoms. The molecular formula is C30H38N4O5. The van der Waals surface area contributed by atoms with E-state index in [0.29, 0.717) is 60.3 Å². The highest BCUT2D eigenvalue weighted by Crippen LogP contribution is 2.42. The van der Waals surface area contributed by atoms with Crippen LogP contribution in [0, 0.1) is 6.92 Å². The summed E-state index contributed by atoms with van der Waals surface area (Å²) in [5.74, 6) is -0.472. The number of pyridine rings is 1. The quantitative estimate of drug-likeness (QED) is 0.206. The molecule has 1 unspecified atom stereocenters. The lowest BCUT2D eigenvalue weighted by Gasteiger charge is -2.27. The number of carbonyl (C=O) groups excluding carboxylic acids is 2. The predicted molar refractivity (Wildman–Crippen MR) is 150 cm³/mol. The largest absolute Gasteiger partial charge is 0.505 e. The predicted octanol–water partition coefficient (Wildman–Crippen LogP) is 4.59. The molecule has 0 saturated carbocycles. The number of ether oxygens (including phenoxy) is 2. The first-order chi connectivity index (χ1) is 18.9. The Morgan fingerprint density at radius 3 is 2.44 bits per heavy atom. The first kappa shape index (κ1) is 28.2. The zero-order chi connectivity index (χ0) is 28.1. The van der Waals surface area contributed by atoms with E-state index in [2.05, 4.69) is 23.7 Å². The number of hydrogen-bond acceptors (Lipinski definition) is 7.